The maximum absolute atomic E-state index is 14.0. The molecule has 0 amide bonds. The summed E-state index contributed by atoms with van der Waals surface area (Å²) in [6.45, 7) is 15.3. The zero-order valence-corrected chi connectivity index (χ0v) is 20.6. The minimum atomic E-state index is -0.432. The highest BCUT2D eigenvalue weighted by Crippen LogP contribution is 2.48. The van der Waals surface area contributed by atoms with Gasteiger partial charge in [-0.25, -0.2) is 13.1 Å². The summed E-state index contributed by atoms with van der Waals surface area (Å²) in [6.07, 6.45) is 7.39. The zero-order chi connectivity index (χ0) is 24.1. The van der Waals surface area contributed by atoms with Crippen molar-refractivity contribution in [3.63, 3.8) is 0 Å². The van der Waals surface area contributed by atoms with Crippen molar-refractivity contribution in [3.8, 4) is 0 Å². The monoisotopic (exact) mass is 485 g/mol. The van der Waals surface area contributed by atoms with Crippen molar-refractivity contribution in [3.05, 3.63) is 89.0 Å². The molecule has 3 aliphatic rings. The van der Waals surface area contributed by atoms with E-state index in [4.69, 9.17) is 4.74 Å². The maximum Gasteiger partial charge on any atom is 0.130 e. The first kappa shape index (κ1) is 24.9. The van der Waals surface area contributed by atoms with E-state index in [2.05, 4.69) is 40.7 Å². The van der Waals surface area contributed by atoms with E-state index in [1.54, 1.807) is 24.3 Å². The molecular formula is C27H33F2N3OS. The molecule has 1 aromatic rings. The van der Waals surface area contributed by atoms with Crippen LogP contribution in [0.3, 0.4) is 0 Å². The predicted molar refractivity (Wildman–Crippen MR) is 137 cm³/mol. The van der Waals surface area contributed by atoms with Crippen molar-refractivity contribution >= 4 is 17.6 Å². The van der Waals surface area contributed by atoms with E-state index in [-0.39, 0.29) is 11.2 Å². The fourth-order valence-corrected chi connectivity index (χ4v) is 6.07. The fourth-order valence-electron chi connectivity index (χ4n) is 5.04. The van der Waals surface area contributed by atoms with Crippen LogP contribution >= 0.6 is 11.9 Å². The normalized spacial score (nSPS) is 24.4. The summed E-state index contributed by atoms with van der Waals surface area (Å²) in [5.41, 5.74) is 4.59. The van der Waals surface area contributed by atoms with Gasteiger partial charge in [0.1, 0.15) is 11.6 Å². The molecule has 7 heteroatoms. The van der Waals surface area contributed by atoms with E-state index in [0.717, 1.165) is 70.2 Å². The first-order valence-corrected chi connectivity index (χ1v) is 12.5. The Bertz CT molecular complexity index is 1010. The molecule has 182 valence electrons. The van der Waals surface area contributed by atoms with Gasteiger partial charge in [-0.3, -0.25) is 4.90 Å². The Kier molecular flexibility index (Phi) is 8.09. The molecule has 0 spiro atoms. The van der Waals surface area contributed by atoms with Gasteiger partial charge >= 0.3 is 0 Å². The van der Waals surface area contributed by atoms with Crippen LogP contribution in [0.4, 0.5) is 14.5 Å². The van der Waals surface area contributed by atoms with Crippen LogP contribution in [0.2, 0.25) is 0 Å². The maximum atomic E-state index is 14.0. The number of halogens is 2. The highest BCUT2D eigenvalue weighted by molar-refractivity contribution is 8.01. The van der Waals surface area contributed by atoms with Crippen LogP contribution in [0.15, 0.2) is 83.2 Å². The standard InChI is InChI=1S/C27H33F2N3OS/c1-4-5-26(21(3)28)34-32-11-10-22-16-25(30-24-8-6-23(29)7-9-24)20(2)17-27(22,19-32)18-31-12-14-33-15-13-31/h4-9,16,30H,1,3,10-15,17-19H2,2H3/b26-5+. The molecule has 2 heterocycles. The number of morpholine rings is 1. The first-order chi connectivity index (χ1) is 16.4. The summed E-state index contributed by atoms with van der Waals surface area (Å²) in [4.78, 5) is 3.00. The minimum Gasteiger partial charge on any atom is -0.379 e. The third-order valence-electron chi connectivity index (χ3n) is 6.69. The van der Waals surface area contributed by atoms with Gasteiger partial charge in [-0.15, -0.1) is 0 Å². The molecule has 2 aliphatic heterocycles. The van der Waals surface area contributed by atoms with Crippen LogP contribution in [-0.4, -0.2) is 55.1 Å². The van der Waals surface area contributed by atoms with Crippen molar-refractivity contribution in [2.75, 3.05) is 51.3 Å². The summed E-state index contributed by atoms with van der Waals surface area (Å²) in [5.74, 6) is -0.674. The third kappa shape index (κ3) is 5.89. The average molecular weight is 486 g/mol. The van der Waals surface area contributed by atoms with Gasteiger partial charge in [0.25, 0.3) is 0 Å². The van der Waals surface area contributed by atoms with Crippen LogP contribution in [0.25, 0.3) is 0 Å². The summed E-state index contributed by atoms with van der Waals surface area (Å²) >= 11 is 1.43. The molecular weight excluding hydrogens is 452 g/mol. The summed E-state index contributed by atoms with van der Waals surface area (Å²) < 4.78 is 35.2. The second-order valence-corrected chi connectivity index (χ2v) is 10.4. The molecule has 1 N–H and O–H groups in total. The lowest BCUT2D eigenvalue weighted by atomic mass is 9.68. The zero-order valence-electron chi connectivity index (χ0n) is 19.8. The number of allylic oxidation sites excluding steroid dienone is 5. The molecule has 2 fully saturated rings. The lowest BCUT2D eigenvalue weighted by Crippen LogP contribution is -2.52. The number of rotatable bonds is 8. The molecule has 0 saturated carbocycles. The van der Waals surface area contributed by atoms with Gasteiger partial charge in [0, 0.05) is 49.5 Å². The number of benzene rings is 1. The Morgan fingerprint density at radius 1 is 1.24 bits per heavy atom. The smallest absolute Gasteiger partial charge is 0.130 e. The first-order valence-electron chi connectivity index (χ1n) is 11.7. The van der Waals surface area contributed by atoms with E-state index < -0.39 is 5.83 Å². The van der Waals surface area contributed by atoms with Crippen LogP contribution in [-0.2, 0) is 4.74 Å². The molecule has 4 rings (SSSR count). The van der Waals surface area contributed by atoms with E-state index in [9.17, 15) is 8.78 Å². The summed E-state index contributed by atoms with van der Waals surface area (Å²) in [7, 11) is 0. The fraction of sp³-hybridized carbons (Fsp3) is 0.407. The Labute approximate surface area is 205 Å². The number of hydrogen-bond acceptors (Lipinski definition) is 5. The molecule has 1 unspecified atom stereocenters. The summed E-state index contributed by atoms with van der Waals surface area (Å²) in [6, 6.07) is 6.47. The second kappa shape index (κ2) is 11.0. The molecule has 1 aromatic carbocycles. The molecule has 2 saturated heterocycles. The van der Waals surface area contributed by atoms with Gasteiger partial charge in [0.15, 0.2) is 0 Å². The van der Waals surface area contributed by atoms with Crippen LogP contribution in [0.1, 0.15) is 19.8 Å². The number of ether oxygens (including phenoxy) is 1. The quantitative estimate of drug-likeness (QED) is 0.357. The number of fused-ring (bicyclic) bond motifs is 1. The Balaban J connectivity index is 1.59. The number of hydrogen-bond donors (Lipinski definition) is 1. The molecule has 0 aromatic heterocycles. The predicted octanol–water partition coefficient (Wildman–Crippen LogP) is 6.07. The Morgan fingerprint density at radius 2 is 1.97 bits per heavy atom. The molecule has 34 heavy (non-hydrogen) atoms. The van der Waals surface area contributed by atoms with E-state index in [0.29, 0.717) is 4.91 Å². The van der Waals surface area contributed by atoms with Gasteiger partial charge in [0.2, 0.25) is 0 Å². The van der Waals surface area contributed by atoms with Crippen molar-refractivity contribution in [2.24, 2.45) is 5.41 Å². The summed E-state index contributed by atoms with van der Waals surface area (Å²) in [5, 5.41) is 3.49. The number of nitrogens with zero attached hydrogens (tertiary/aromatic N) is 2. The van der Waals surface area contributed by atoms with E-state index in [1.807, 2.05) is 0 Å². The Hall–Kier alpha value is -2.19. The van der Waals surface area contributed by atoms with Gasteiger partial charge in [-0.2, -0.15) is 0 Å². The third-order valence-corrected chi connectivity index (χ3v) is 7.81. The topological polar surface area (TPSA) is 27.7 Å². The number of piperidine rings is 1. The van der Waals surface area contributed by atoms with Crippen molar-refractivity contribution in [1.29, 1.82) is 0 Å². The van der Waals surface area contributed by atoms with Crippen LogP contribution in [0.5, 0.6) is 0 Å². The van der Waals surface area contributed by atoms with Gasteiger partial charge < -0.3 is 10.1 Å². The number of nitrogens with one attached hydrogen (secondary N) is 1. The molecule has 0 bridgehead atoms. The largest absolute Gasteiger partial charge is 0.379 e. The SMILES string of the molecule is C=C/C=C(/SN1CCC2=CC(Nc3ccc(F)cc3)=C(C)CC2(CN2CCOCC2)C1)C(=C)F. The average Bonchev–Trinajstić information content (AvgIpc) is 2.81. The van der Waals surface area contributed by atoms with Gasteiger partial charge in [-0.1, -0.05) is 24.8 Å². The molecule has 1 aliphatic carbocycles. The van der Waals surface area contributed by atoms with Crippen molar-refractivity contribution < 1.29 is 13.5 Å². The van der Waals surface area contributed by atoms with Crippen LogP contribution in [0, 0.1) is 11.2 Å². The lowest BCUT2D eigenvalue weighted by molar-refractivity contribution is 0.0155. The highest BCUT2D eigenvalue weighted by Gasteiger charge is 2.43. The Morgan fingerprint density at radius 3 is 2.65 bits per heavy atom. The van der Waals surface area contributed by atoms with Crippen molar-refractivity contribution in [2.45, 2.75) is 19.8 Å². The molecule has 4 nitrogen and oxygen atoms in total. The van der Waals surface area contributed by atoms with E-state index in [1.165, 1.54) is 35.2 Å². The molecule has 0 radical (unpaired) electrons. The van der Waals surface area contributed by atoms with Gasteiger partial charge in [-0.05, 0) is 73.7 Å². The number of anilines is 1. The molecule has 1 atom stereocenters. The van der Waals surface area contributed by atoms with Crippen LogP contribution < -0.4 is 5.32 Å². The van der Waals surface area contributed by atoms with Gasteiger partial charge in [0.05, 0.1) is 18.1 Å². The second-order valence-electron chi connectivity index (χ2n) is 9.22. The highest BCUT2D eigenvalue weighted by atomic mass is 32.2. The minimum absolute atomic E-state index is 0.0580. The van der Waals surface area contributed by atoms with Crippen molar-refractivity contribution in [1.82, 2.24) is 9.21 Å². The van der Waals surface area contributed by atoms with E-state index >= 15 is 0 Å². The lowest BCUT2D eigenvalue weighted by Gasteiger charge is -2.49.